The fourth-order valence-corrected chi connectivity index (χ4v) is 5.40. The molecule has 3 aromatic rings. The van der Waals surface area contributed by atoms with E-state index < -0.39 is 37.9 Å². The Hall–Kier alpha value is -1.45. The number of aliphatic hydroxyl groups is 1. The molecule has 0 amide bonds. The molecule has 0 radical (unpaired) electrons. The Bertz CT molecular complexity index is 1290. The van der Waals surface area contributed by atoms with Crippen molar-refractivity contribution >= 4 is 42.4 Å². The zero-order chi connectivity index (χ0) is 21.9. The van der Waals surface area contributed by atoms with Gasteiger partial charge < -0.3 is 35.3 Å². The first-order chi connectivity index (χ1) is 14.7. The van der Waals surface area contributed by atoms with Crippen molar-refractivity contribution in [2.75, 3.05) is 18.1 Å². The molecule has 2 aliphatic heterocycles. The third kappa shape index (κ3) is 4.12. The molecule has 164 valence electrons. The van der Waals surface area contributed by atoms with Crippen molar-refractivity contribution in [1.29, 1.82) is 0 Å². The van der Waals surface area contributed by atoms with Crippen LogP contribution in [0, 0.1) is 0 Å². The Morgan fingerprint density at radius 3 is 2.81 bits per heavy atom. The van der Waals surface area contributed by atoms with Crippen LogP contribution in [0.3, 0.4) is 0 Å². The maximum Gasteiger partial charge on any atom is 1.00 e. The fraction of sp³-hybridized carbons (Fsp3) is 0.312. The third-order valence-electron chi connectivity index (χ3n) is 4.87. The van der Waals surface area contributed by atoms with Gasteiger partial charge in [-0.2, -0.15) is 4.98 Å². The van der Waals surface area contributed by atoms with Gasteiger partial charge in [-0.05, 0) is 23.9 Å². The molecule has 0 bridgehead atoms. The van der Waals surface area contributed by atoms with Gasteiger partial charge >= 0.3 is 29.6 Å². The number of imidazole rings is 1. The van der Waals surface area contributed by atoms with E-state index in [4.69, 9.17) is 20.7 Å². The summed E-state index contributed by atoms with van der Waals surface area (Å²) in [7, 11) is -4.56. The minimum atomic E-state index is -4.56. The van der Waals surface area contributed by atoms with E-state index >= 15 is 0 Å². The van der Waals surface area contributed by atoms with E-state index in [2.05, 4.69) is 19.5 Å². The van der Waals surface area contributed by atoms with Crippen LogP contribution in [0.5, 0.6) is 0 Å². The summed E-state index contributed by atoms with van der Waals surface area (Å²) in [6.07, 6.45) is -4.67. The normalized spacial score (nSPS) is 29.6. The van der Waals surface area contributed by atoms with Crippen molar-refractivity contribution in [3.8, 4) is 0 Å². The molecule has 16 heteroatoms. The Morgan fingerprint density at radius 1 is 1.31 bits per heavy atom. The van der Waals surface area contributed by atoms with Gasteiger partial charge in [0.2, 0.25) is 5.95 Å². The fourth-order valence-electron chi connectivity index (χ4n) is 3.50. The summed E-state index contributed by atoms with van der Waals surface area (Å²) in [5.74, 6) is -0.164. The summed E-state index contributed by atoms with van der Waals surface area (Å²) in [5.41, 5.74) is 11.6. The van der Waals surface area contributed by atoms with Crippen LogP contribution in [-0.2, 0) is 18.3 Å². The van der Waals surface area contributed by atoms with Gasteiger partial charge in [0.05, 0.1) is 6.61 Å². The van der Waals surface area contributed by atoms with Crippen LogP contribution in [0.1, 0.15) is 6.23 Å². The molecule has 2 fully saturated rings. The van der Waals surface area contributed by atoms with Gasteiger partial charge in [0.15, 0.2) is 22.5 Å². The number of aliphatic hydroxyl groups excluding tert-OH is 1. The smallest absolute Gasteiger partial charge is 0.756 e. The van der Waals surface area contributed by atoms with Crippen molar-refractivity contribution in [3.63, 3.8) is 0 Å². The van der Waals surface area contributed by atoms with Crippen molar-refractivity contribution in [2.24, 2.45) is 0 Å². The van der Waals surface area contributed by atoms with Crippen LogP contribution < -0.4 is 51.5 Å². The third-order valence-corrected chi connectivity index (χ3v) is 6.90. The van der Waals surface area contributed by atoms with E-state index in [1.54, 1.807) is 24.3 Å². The number of ether oxygens (including phenoxy) is 1. The van der Waals surface area contributed by atoms with E-state index in [1.807, 2.05) is 0 Å². The molecule has 5 unspecified atom stereocenters. The van der Waals surface area contributed by atoms with Gasteiger partial charge in [-0.25, -0.2) is 4.98 Å². The summed E-state index contributed by atoms with van der Waals surface area (Å²) in [4.78, 5) is 35.6. The molecule has 4 heterocycles. The standard InChI is InChI=1S/C16H17N6O7PS.Na/c17-6-3-1-2-4-8(6)31-16-19-9-12(20-15(18)21-13(9)24)22(16)14-10(23)11-7(28-14)5-27-30(25,26)29-11;/h1-4,7,10-11,14,23H,5,17H2,(H,25,26)(H3,18,20,21,24);/q;+1/p-1. The van der Waals surface area contributed by atoms with Gasteiger partial charge in [0, 0.05) is 10.6 Å². The molecule has 13 nitrogen and oxygen atoms in total. The molecular weight excluding hydrogens is 474 g/mol. The Morgan fingerprint density at radius 2 is 2.06 bits per heavy atom. The average Bonchev–Trinajstić information content (AvgIpc) is 3.20. The number of hydrogen-bond acceptors (Lipinski definition) is 12. The van der Waals surface area contributed by atoms with Crippen LogP contribution in [-0.4, -0.2) is 49.5 Å². The number of nitrogens with zero attached hydrogens (tertiary/aromatic N) is 3. The maximum absolute atomic E-state index is 12.4. The molecule has 1 aromatic carbocycles. The van der Waals surface area contributed by atoms with E-state index in [1.165, 1.54) is 4.57 Å². The predicted octanol–water partition coefficient (Wildman–Crippen LogP) is -3.42. The maximum atomic E-state index is 12.4. The first-order valence-corrected chi connectivity index (χ1v) is 11.3. The summed E-state index contributed by atoms with van der Waals surface area (Å²) in [6, 6.07) is 7.00. The van der Waals surface area contributed by atoms with E-state index in [9.17, 15) is 19.4 Å². The molecule has 5 atom stereocenters. The number of rotatable bonds is 3. The zero-order valence-electron chi connectivity index (χ0n) is 16.6. The SMILES string of the molecule is Nc1nc2c(nc(Sc3ccccc3N)n2C2OC3COP(=O)([O-])OC3C2O)c(=O)[nH]1.[Na+]. The van der Waals surface area contributed by atoms with Crippen molar-refractivity contribution < 1.29 is 57.9 Å². The molecule has 2 aromatic heterocycles. The number of phosphoric ester groups is 1. The minimum absolute atomic E-state index is 0. The van der Waals surface area contributed by atoms with Crippen LogP contribution >= 0.6 is 19.6 Å². The number of nitrogens with two attached hydrogens (primary N) is 2. The number of hydrogen-bond donors (Lipinski definition) is 4. The number of para-hydroxylation sites is 1. The summed E-state index contributed by atoms with van der Waals surface area (Å²) >= 11 is 1.12. The molecule has 2 aliphatic rings. The molecule has 0 aliphatic carbocycles. The number of benzene rings is 1. The number of aromatic nitrogens is 4. The van der Waals surface area contributed by atoms with Gasteiger partial charge in [-0.15, -0.1) is 0 Å². The minimum Gasteiger partial charge on any atom is -0.756 e. The average molecular weight is 490 g/mol. The van der Waals surface area contributed by atoms with Crippen LogP contribution in [0.25, 0.3) is 11.2 Å². The van der Waals surface area contributed by atoms with Crippen molar-refractivity contribution in [1.82, 2.24) is 19.5 Å². The Labute approximate surface area is 206 Å². The molecule has 32 heavy (non-hydrogen) atoms. The van der Waals surface area contributed by atoms with E-state index in [-0.39, 0.29) is 58.4 Å². The topological polar surface area (TPSA) is 204 Å². The monoisotopic (exact) mass is 490 g/mol. The van der Waals surface area contributed by atoms with Gasteiger partial charge in [0.25, 0.3) is 13.4 Å². The van der Waals surface area contributed by atoms with Gasteiger partial charge in [-0.3, -0.25) is 18.9 Å². The number of H-pyrrole nitrogens is 1. The first kappa shape index (κ1) is 23.7. The van der Waals surface area contributed by atoms with E-state index in [0.717, 1.165) is 11.8 Å². The largest absolute Gasteiger partial charge is 1.00 e. The molecule has 0 saturated carbocycles. The van der Waals surface area contributed by atoms with Gasteiger partial charge in [-0.1, -0.05) is 12.1 Å². The Kier molecular flexibility index (Phi) is 6.46. The van der Waals surface area contributed by atoms with Crippen molar-refractivity contribution in [2.45, 2.75) is 34.6 Å². The first-order valence-electron chi connectivity index (χ1n) is 9.01. The Balaban J connectivity index is 0.00000245. The summed E-state index contributed by atoms with van der Waals surface area (Å²) in [6.45, 7) is -0.324. The summed E-state index contributed by atoms with van der Waals surface area (Å²) in [5, 5.41) is 11.1. The second-order valence-corrected chi connectivity index (χ2v) is 9.27. The number of phosphoric acid groups is 1. The second kappa shape index (κ2) is 8.72. The quantitative estimate of drug-likeness (QED) is 0.161. The number of nitrogen functional groups attached to an aromatic ring is 2. The number of anilines is 2. The number of aromatic amines is 1. The molecule has 0 spiro atoms. The molecule has 6 N–H and O–H groups in total. The summed E-state index contributed by atoms with van der Waals surface area (Å²) < 4.78 is 28.5. The van der Waals surface area contributed by atoms with Crippen LogP contribution in [0.2, 0.25) is 0 Å². The second-order valence-electron chi connectivity index (χ2n) is 6.90. The van der Waals surface area contributed by atoms with Crippen molar-refractivity contribution in [3.05, 3.63) is 34.6 Å². The number of fused-ring (bicyclic) bond motifs is 2. The van der Waals surface area contributed by atoms with Crippen LogP contribution in [0.15, 0.2) is 39.1 Å². The molecule has 2 saturated heterocycles. The predicted molar refractivity (Wildman–Crippen MR) is 106 cm³/mol. The van der Waals surface area contributed by atoms with Gasteiger partial charge in [0.1, 0.15) is 18.3 Å². The number of nitrogens with one attached hydrogen (secondary N) is 1. The van der Waals surface area contributed by atoms with E-state index in [0.29, 0.717) is 10.6 Å². The van der Waals surface area contributed by atoms with Crippen LogP contribution in [0.4, 0.5) is 11.6 Å². The molecule has 5 rings (SSSR count). The zero-order valence-corrected chi connectivity index (χ0v) is 20.3. The molecular formula is C16H16N6NaO7PS.